The summed E-state index contributed by atoms with van der Waals surface area (Å²) in [5.41, 5.74) is -0.108. The average Bonchev–Trinajstić information content (AvgIpc) is 2.54. The van der Waals surface area contributed by atoms with Gasteiger partial charge < -0.3 is 10.1 Å². The summed E-state index contributed by atoms with van der Waals surface area (Å²) in [6, 6.07) is 6.16. The van der Waals surface area contributed by atoms with Crippen molar-refractivity contribution in [2.45, 2.75) is 26.5 Å². The number of ether oxygens (including phenoxy) is 1. The molecule has 25 heavy (non-hydrogen) atoms. The highest BCUT2D eigenvalue weighted by atomic mass is 35.5. The van der Waals surface area contributed by atoms with E-state index in [-0.39, 0.29) is 0 Å². The Morgan fingerprint density at radius 2 is 2.04 bits per heavy atom. The average molecular weight is 366 g/mol. The van der Waals surface area contributed by atoms with Crippen LogP contribution in [0.25, 0.3) is 0 Å². The zero-order valence-corrected chi connectivity index (χ0v) is 14.3. The van der Waals surface area contributed by atoms with Crippen LogP contribution < -0.4 is 16.6 Å². The smallest absolute Gasteiger partial charge is 0.328 e. The molecule has 2 N–H and O–H groups in total. The highest BCUT2D eigenvalue weighted by molar-refractivity contribution is 6.31. The number of hydrogen-bond donors (Lipinski definition) is 2. The summed E-state index contributed by atoms with van der Waals surface area (Å²) < 4.78 is 5.98. The first-order valence-corrected chi connectivity index (χ1v) is 7.71. The summed E-state index contributed by atoms with van der Waals surface area (Å²) in [5, 5.41) is 3.12. The number of H-pyrrole nitrogens is 1. The molecule has 1 heterocycles. The van der Waals surface area contributed by atoms with Crippen LogP contribution in [0, 0.1) is 6.92 Å². The molecule has 0 unspecified atom stereocenters. The third kappa shape index (κ3) is 4.80. The van der Waals surface area contributed by atoms with Gasteiger partial charge in [0, 0.05) is 23.0 Å². The van der Waals surface area contributed by atoms with Gasteiger partial charge in [-0.1, -0.05) is 17.7 Å². The minimum atomic E-state index is -1.08. The Bertz CT molecular complexity index is 918. The van der Waals surface area contributed by atoms with Crippen molar-refractivity contribution in [3.05, 3.63) is 61.9 Å². The van der Waals surface area contributed by atoms with Crippen LogP contribution in [0.2, 0.25) is 5.02 Å². The van der Waals surface area contributed by atoms with E-state index in [1.165, 1.54) is 13.1 Å². The molecule has 0 spiro atoms. The molecular formula is C16H16ClN3O5. The van der Waals surface area contributed by atoms with Crippen molar-refractivity contribution in [1.29, 1.82) is 0 Å². The number of halogens is 1. The predicted molar refractivity (Wildman–Crippen MR) is 91.7 cm³/mol. The van der Waals surface area contributed by atoms with Crippen molar-refractivity contribution < 1.29 is 14.3 Å². The Morgan fingerprint density at radius 3 is 2.72 bits per heavy atom. The molecule has 0 radical (unpaired) electrons. The van der Waals surface area contributed by atoms with E-state index in [9.17, 15) is 19.2 Å². The van der Waals surface area contributed by atoms with E-state index in [1.807, 2.05) is 4.98 Å². The second kappa shape index (κ2) is 7.80. The van der Waals surface area contributed by atoms with E-state index in [2.05, 4.69) is 5.32 Å². The minimum Gasteiger partial charge on any atom is -0.451 e. The number of carbonyl (C=O) groups is 2. The number of nitrogens with one attached hydrogen (secondary N) is 2. The molecule has 0 saturated carbocycles. The maximum Gasteiger partial charge on any atom is 0.328 e. The summed E-state index contributed by atoms with van der Waals surface area (Å²) in [4.78, 5) is 48.5. The molecule has 132 valence electrons. The molecule has 0 fully saturated rings. The van der Waals surface area contributed by atoms with Crippen LogP contribution in [0.15, 0.2) is 40.1 Å². The first-order chi connectivity index (χ1) is 11.8. The molecule has 8 nitrogen and oxygen atoms in total. The van der Waals surface area contributed by atoms with Crippen molar-refractivity contribution in [3.63, 3.8) is 0 Å². The molecule has 0 bridgehead atoms. The molecule has 1 amide bonds. The van der Waals surface area contributed by atoms with E-state index < -0.39 is 35.8 Å². The molecule has 0 aliphatic rings. The number of esters is 1. The van der Waals surface area contributed by atoms with Gasteiger partial charge in [0.2, 0.25) is 0 Å². The van der Waals surface area contributed by atoms with Crippen LogP contribution in [-0.2, 0) is 20.9 Å². The summed E-state index contributed by atoms with van der Waals surface area (Å²) in [7, 11) is 0. The Morgan fingerprint density at radius 1 is 1.32 bits per heavy atom. The van der Waals surface area contributed by atoms with Crippen LogP contribution in [0.5, 0.6) is 0 Å². The maximum atomic E-state index is 12.1. The number of nitrogens with zero attached hydrogens (tertiary/aromatic N) is 1. The third-order valence-corrected chi connectivity index (χ3v) is 3.81. The quantitative estimate of drug-likeness (QED) is 0.770. The van der Waals surface area contributed by atoms with Crippen molar-refractivity contribution in [2.24, 2.45) is 0 Å². The monoisotopic (exact) mass is 365 g/mol. The largest absolute Gasteiger partial charge is 0.451 e. The van der Waals surface area contributed by atoms with Crippen LogP contribution in [0.3, 0.4) is 0 Å². The summed E-state index contributed by atoms with van der Waals surface area (Å²) in [6.07, 6.45) is 0.0898. The first-order valence-electron chi connectivity index (χ1n) is 7.33. The van der Waals surface area contributed by atoms with Crippen molar-refractivity contribution >= 4 is 29.2 Å². The number of amides is 1. The molecular weight excluding hydrogens is 350 g/mol. The maximum absolute atomic E-state index is 12.1. The van der Waals surface area contributed by atoms with Gasteiger partial charge in [-0.05, 0) is 31.5 Å². The summed E-state index contributed by atoms with van der Waals surface area (Å²) in [6.45, 7) is 2.73. The van der Waals surface area contributed by atoms with Gasteiger partial charge in [-0.2, -0.15) is 0 Å². The van der Waals surface area contributed by atoms with Gasteiger partial charge >= 0.3 is 11.7 Å². The van der Waals surface area contributed by atoms with Crippen LogP contribution in [0.1, 0.15) is 12.5 Å². The van der Waals surface area contributed by atoms with Crippen LogP contribution >= 0.6 is 11.6 Å². The minimum absolute atomic E-state index is 0.427. The Labute approximate surface area is 147 Å². The lowest BCUT2D eigenvalue weighted by Crippen LogP contribution is -2.35. The first kappa shape index (κ1) is 18.5. The Hall–Kier alpha value is -2.87. The Balaban J connectivity index is 1.98. The van der Waals surface area contributed by atoms with Crippen LogP contribution in [-0.4, -0.2) is 27.5 Å². The van der Waals surface area contributed by atoms with Crippen LogP contribution in [0.4, 0.5) is 5.69 Å². The van der Waals surface area contributed by atoms with E-state index in [4.69, 9.17) is 16.3 Å². The van der Waals surface area contributed by atoms with Gasteiger partial charge in [-0.25, -0.2) is 4.79 Å². The molecule has 2 aromatic rings. The zero-order valence-electron chi connectivity index (χ0n) is 13.5. The molecule has 1 aromatic carbocycles. The molecule has 9 heteroatoms. The van der Waals surface area contributed by atoms with Gasteiger partial charge in [0.1, 0.15) is 6.54 Å². The number of hydrogen-bond acceptors (Lipinski definition) is 5. The zero-order chi connectivity index (χ0) is 18.6. The fourth-order valence-corrected chi connectivity index (χ4v) is 2.15. The van der Waals surface area contributed by atoms with Gasteiger partial charge in [0.25, 0.3) is 11.5 Å². The SMILES string of the molecule is Cc1c(Cl)cccc1NC(=O)[C@@H](C)OC(=O)Cn1ccc(=O)[nH]c1=O. The highest BCUT2D eigenvalue weighted by Crippen LogP contribution is 2.23. The van der Waals surface area contributed by atoms with Crippen molar-refractivity contribution in [2.75, 3.05) is 5.32 Å². The van der Waals surface area contributed by atoms with Gasteiger partial charge in [0.15, 0.2) is 6.10 Å². The normalized spacial score (nSPS) is 11.6. The lowest BCUT2D eigenvalue weighted by atomic mass is 10.2. The second-order valence-electron chi connectivity index (χ2n) is 5.27. The van der Waals surface area contributed by atoms with Gasteiger partial charge in [-0.3, -0.25) is 23.9 Å². The van der Waals surface area contributed by atoms with E-state index in [0.29, 0.717) is 16.3 Å². The van der Waals surface area contributed by atoms with E-state index in [0.717, 1.165) is 10.6 Å². The number of rotatable bonds is 5. The van der Waals surface area contributed by atoms with Crippen molar-refractivity contribution in [1.82, 2.24) is 9.55 Å². The fourth-order valence-electron chi connectivity index (χ4n) is 1.97. The third-order valence-electron chi connectivity index (χ3n) is 3.40. The lowest BCUT2D eigenvalue weighted by molar-refractivity contribution is -0.153. The molecule has 0 saturated heterocycles. The predicted octanol–water partition coefficient (Wildman–Crippen LogP) is 1.07. The van der Waals surface area contributed by atoms with E-state index >= 15 is 0 Å². The molecule has 1 atom stereocenters. The van der Waals surface area contributed by atoms with Gasteiger partial charge in [-0.15, -0.1) is 0 Å². The Kier molecular flexibility index (Phi) is 5.76. The second-order valence-corrected chi connectivity index (χ2v) is 5.68. The number of anilines is 1. The number of carbonyl (C=O) groups excluding carboxylic acids is 2. The number of benzene rings is 1. The standard InChI is InChI=1S/C16H16ClN3O5/c1-9-11(17)4-3-5-12(9)18-15(23)10(2)25-14(22)8-20-7-6-13(21)19-16(20)24/h3-7,10H,8H2,1-2H3,(H,18,23)(H,19,21,24)/t10-/m1/s1. The topological polar surface area (TPSA) is 110 Å². The molecule has 1 aromatic heterocycles. The molecule has 0 aliphatic heterocycles. The number of aromatic amines is 1. The summed E-state index contributed by atoms with van der Waals surface area (Å²) >= 11 is 5.98. The molecule has 0 aliphatic carbocycles. The molecule has 2 rings (SSSR count). The van der Waals surface area contributed by atoms with Crippen molar-refractivity contribution in [3.8, 4) is 0 Å². The number of aromatic nitrogens is 2. The van der Waals surface area contributed by atoms with E-state index in [1.54, 1.807) is 25.1 Å². The lowest BCUT2D eigenvalue weighted by Gasteiger charge is -2.15. The highest BCUT2D eigenvalue weighted by Gasteiger charge is 2.19. The fraction of sp³-hybridized carbons (Fsp3) is 0.250. The summed E-state index contributed by atoms with van der Waals surface area (Å²) in [5.74, 6) is -1.33. The van der Waals surface area contributed by atoms with Gasteiger partial charge in [0.05, 0.1) is 0 Å².